The normalized spacial score (nSPS) is 22.4. The van der Waals surface area contributed by atoms with E-state index in [1.807, 2.05) is 4.57 Å². The molecule has 108 valence electrons. The Morgan fingerprint density at radius 3 is 2.70 bits per heavy atom. The third-order valence-electron chi connectivity index (χ3n) is 3.42. The first-order chi connectivity index (χ1) is 9.78. The summed E-state index contributed by atoms with van der Waals surface area (Å²) < 4.78 is 18.0. The fourth-order valence-electron chi connectivity index (χ4n) is 2.43. The monoisotopic (exact) mass is 280 g/mol. The molecule has 1 saturated heterocycles. The Morgan fingerprint density at radius 2 is 2.05 bits per heavy atom. The largest absolute Gasteiger partial charge is 0.478 e. The number of hydrogen-bond acceptors (Lipinski definition) is 7. The number of methoxy groups -OCH3 is 2. The Balaban J connectivity index is 2.08. The van der Waals surface area contributed by atoms with E-state index >= 15 is 0 Å². The van der Waals surface area contributed by atoms with Crippen molar-refractivity contribution < 1.29 is 19.3 Å². The minimum absolute atomic E-state index is 0.0173. The van der Waals surface area contributed by atoms with Crippen LogP contribution in [0.5, 0.6) is 11.8 Å². The number of imidazole rings is 1. The van der Waals surface area contributed by atoms with Gasteiger partial charge in [-0.15, -0.1) is 10.2 Å². The first kappa shape index (κ1) is 13.1. The number of ether oxygens (including phenoxy) is 3. The molecule has 8 nitrogen and oxygen atoms in total. The van der Waals surface area contributed by atoms with Crippen molar-refractivity contribution in [3.05, 3.63) is 6.33 Å². The molecule has 3 rings (SSSR count). The standard InChI is InChI=1S/C12H16N4O4/c1-18-11-9-10(12(19-2)15-14-11)16(6-13-9)8-4-3-7(5-17)20-8/h6-8,17H,3-5H2,1-2H3/t7-,8+/m0/s1. The molecule has 2 aromatic heterocycles. The van der Waals surface area contributed by atoms with E-state index in [-0.39, 0.29) is 18.9 Å². The SMILES string of the molecule is COc1nnc(OC)c2c1ncn2[C@H]1CC[C@@H](CO)O1. The summed E-state index contributed by atoms with van der Waals surface area (Å²) in [4.78, 5) is 4.31. The molecule has 0 aliphatic carbocycles. The predicted molar refractivity (Wildman–Crippen MR) is 68.7 cm³/mol. The zero-order valence-corrected chi connectivity index (χ0v) is 11.3. The van der Waals surface area contributed by atoms with Gasteiger partial charge in [-0.3, -0.25) is 4.57 Å². The van der Waals surface area contributed by atoms with E-state index in [1.54, 1.807) is 6.33 Å². The van der Waals surface area contributed by atoms with Crippen LogP contribution in [0.15, 0.2) is 6.33 Å². The lowest BCUT2D eigenvalue weighted by atomic mass is 10.2. The Labute approximate surface area is 115 Å². The van der Waals surface area contributed by atoms with Crippen molar-refractivity contribution in [3.63, 3.8) is 0 Å². The summed E-state index contributed by atoms with van der Waals surface area (Å²) in [5, 5.41) is 17.1. The zero-order valence-electron chi connectivity index (χ0n) is 11.3. The van der Waals surface area contributed by atoms with Gasteiger partial charge in [-0.2, -0.15) is 0 Å². The summed E-state index contributed by atoms with van der Waals surface area (Å²) in [7, 11) is 3.04. The summed E-state index contributed by atoms with van der Waals surface area (Å²) >= 11 is 0. The van der Waals surface area contributed by atoms with Gasteiger partial charge in [0.05, 0.1) is 33.3 Å². The molecule has 0 bridgehead atoms. The van der Waals surface area contributed by atoms with Crippen LogP contribution in [0.1, 0.15) is 19.1 Å². The summed E-state index contributed by atoms with van der Waals surface area (Å²) in [6, 6.07) is 0. The highest BCUT2D eigenvalue weighted by atomic mass is 16.5. The van der Waals surface area contributed by atoms with Gasteiger partial charge in [0.1, 0.15) is 11.7 Å². The van der Waals surface area contributed by atoms with Gasteiger partial charge in [-0.1, -0.05) is 0 Å². The topological polar surface area (TPSA) is 91.5 Å². The molecule has 0 amide bonds. The zero-order chi connectivity index (χ0) is 14.1. The van der Waals surface area contributed by atoms with Gasteiger partial charge in [-0.25, -0.2) is 4.98 Å². The van der Waals surface area contributed by atoms with Crippen molar-refractivity contribution in [2.24, 2.45) is 0 Å². The number of hydrogen-bond donors (Lipinski definition) is 1. The molecule has 8 heteroatoms. The van der Waals surface area contributed by atoms with E-state index in [9.17, 15) is 0 Å². The molecule has 20 heavy (non-hydrogen) atoms. The predicted octanol–water partition coefficient (Wildman–Crippen LogP) is 0.513. The van der Waals surface area contributed by atoms with Crippen LogP contribution in [0.25, 0.3) is 11.0 Å². The van der Waals surface area contributed by atoms with E-state index in [4.69, 9.17) is 19.3 Å². The number of aliphatic hydroxyl groups is 1. The molecule has 0 radical (unpaired) electrons. The van der Waals surface area contributed by atoms with Crippen molar-refractivity contribution in [1.29, 1.82) is 0 Å². The molecule has 0 unspecified atom stereocenters. The summed E-state index contributed by atoms with van der Waals surface area (Å²) in [6.07, 6.45) is 2.92. The average Bonchev–Trinajstić information content (AvgIpc) is 3.12. The maximum absolute atomic E-state index is 9.16. The van der Waals surface area contributed by atoms with Crippen LogP contribution in [0.2, 0.25) is 0 Å². The molecule has 3 heterocycles. The fourth-order valence-corrected chi connectivity index (χ4v) is 2.43. The molecule has 0 saturated carbocycles. The van der Waals surface area contributed by atoms with Crippen molar-refractivity contribution in [2.75, 3.05) is 20.8 Å². The minimum atomic E-state index is -0.194. The third kappa shape index (κ3) is 1.97. The Bertz CT molecular complexity index is 615. The van der Waals surface area contributed by atoms with Crippen LogP contribution < -0.4 is 9.47 Å². The maximum atomic E-state index is 9.16. The van der Waals surface area contributed by atoms with Gasteiger partial charge < -0.3 is 19.3 Å². The highest BCUT2D eigenvalue weighted by Gasteiger charge is 2.29. The van der Waals surface area contributed by atoms with Crippen molar-refractivity contribution in [3.8, 4) is 11.8 Å². The Hall–Kier alpha value is -1.93. The third-order valence-corrected chi connectivity index (χ3v) is 3.42. The summed E-state index contributed by atoms with van der Waals surface area (Å²) in [5.74, 6) is 0.714. The van der Waals surface area contributed by atoms with Gasteiger partial charge in [0, 0.05) is 0 Å². The van der Waals surface area contributed by atoms with Crippen LogP contribution in [0, 0.1) is 0 Å². The summed E-state index contributed by atoms with van der Waals surface area (Å²) in [5.41, 5.74) is 1.26. The smallest absolute Gasteiger partial charge is 0.261 e. The van der Waals surface area contributed by atoms with E-state index in [1.165, 1.54) is 14.2 Å². The second-order valence-corrected chi connectivity index (χ2v) is 4.54. The molecule has 2 atom stereocenters. The molecule has 1 N–H and O–H groups in total. The van der Waals surface area contributed by atoms with Gasteiger partial charge in [0.15, 0.2) is 5.52 Å². The van der Waals surface area contributed by atoms with Crippen molar-refractivity contribution >= 4 is 11.0 Å². The minimum Gasteiger partial charge on any atom is -0.478 e. The van der Waals surface area contributed by atoms with Gasteiger partial charge in [0.25, 0.3) is 11.8 Å². The number of rotatable bonds is 4. The quantitative estimate of drug-likeness (QED) is 0.872. The number of aliphatic hydroxyl groups excluding tert-OH is 1. The van der Waals surface area contributed by atoms with Crippen LogP contribution in [0.3, 0.4) is 0 Å². The molecular formula is C12H16N4O4. The molecule has 0 spiro atoms. The van der Waals surface area contributed by atoms with Gasteiger partial charge >= 0.3 is 0 Å². The molecule has 1 aliphatic rings. The Kier molecular flexibility index (Phi) is 3.41. The van der Waals surface area contributed by atoms with Crippen LogP contribution in [-0.2, 0) is 4.74 Å². The van der Waals surface area contributed by atoms with Crippen molar-refractivity contribution in [1.82, 2.24) is 19.7 Å². The molecule has 0 aromatic carbocycles. The van der Waals surface area contributed by atoms with E-state index in [0.717, 1.165) is 12.8 Å². The fraction of sp³-hybridized carbons (Fsp3) is 0.583. The van der Waals surface area contributed by atoms with E-state index < -0.39 is 0 Å². The lowest BCUT2D eigenvalue weighted by Crippen LogP contribution is -2.14. The number of aromatic nitrogens is 4. The van der Waals surface area contributed by atoms with E-state index in [2.05, 4.69) is 15.2 Å². The second-order valence-electron chi connectivity index (χ2n) is 4.54. The van der Waals surface area contributed by atoms with E-state index in [0.29, 0.717) is 22.8 Å². The van der Waals surface area contributed by atoms with Crippen LogP contribution in [-0.4, -0.2) is 51.8 Å². The number of fused-ring (bicyclic) bond motifs is 1. The second kappa shape index (κ2) is 5.22. The lowest BCUT2D eigenvalue weighted by molar-refractivity contribution is -0.0206. The van der Waals surface area contributed by atoms with Gasteiger partial charge in [0.2, 0.25) is 0 Å². The summed E-state index contributed by atoms with van der Waals surface area (Å²) in [6.45, 7) is 0.0173. The maximum Gasteiger partial charge on any atom is 0.261 e. The van der Waals surface area contributed by atoms with Crippen LogP contribution in [0.4, 0.5) is 0 Å². The first-order valence-electron chi connectivity index (χ1n) is 6.36. The first-order valence-corrected chi connectivity index (χ1v) is 6.36. The Morgan fingerprint density at radius 1 is 1.30 bits per heavy atom. The lowest BCUT2D eigenvalue weighted by Gasteiger charge is -2.15. The molecule has 1 fully saturated rings. The number of nitrogens with zero attached hydrogens (tertiary/aromatic N) is 4. The highest BCUT2D eigenvalue weighted by Crippen LogP contribution is 2.35. The van der Waals surface area contributed by atoms with Crippen LogP contribution >= 0.6 is 0 Å². The molecule has 2 aromatic rings. The molecular weight excluding hydrogens is 264 g/mol. The average molecular weight is 280 g/mol. The molecule has 1 aliphatic heterocycles. The van der Waals surface area contributed by atoms with Gasteiger partial charge in [-0.05, 0) is 12.8 Å². The van der Waals surface area contributed by atoms with Crippen molar-refractivity contribution in [2.45, 2.75) is 25.2 Å². The highest BCUT2D eigenvalue weighted by molar-refractivity contribution is 5.84.